The summed E-state index contributed by atoms with van der Waals surface area (Å²) in [4.78, 5) is 16.7. The van der Waals surface area contributed by atoms with E-state index in [0.717, 1.165) is 39.1 Å². The van der Waals surface area contributed by atoms with Gasteiger partial charge in [0.15, 0.2) is 0 Å². The lowest BCUT2D eigenvalue weighted by Crippen LogP contribution is -2.39. The van der Waals surface area contributed by atoms with Crippen LogP contribution in [-0.2, 0) is 22.5 Å². The Morgan fingerprint density at radius 1 is 1.26 bits per heavy atom. The summed E-state index contributed by atoms with van der Waals surface area (Å²) in [6.45, 7) is 5.39. The van der Waals surface area contributed by atoms with Crippen LogP contribution in [0.25, 0.3) is 0 Å². The first-order valence-electron chi connectivity index (χ1n) is 8.52. The Balaban J connectivity index is 1.50. The standard InChI is InChI=1S/C18H26N2O3/c21-13-15-11-19(9-10-23-14-15)7-6-18(22)20-8-5-16-3-1-2-4-17(16)12-20/h1-4,15,21H,5-14H2. The molecule has 1 aromatic carbocycles. The van der Waals surface area contributed by atoms with E-state index in [-0.39, 0.29) is 18.4 Å². The molecule has 0 radical (unpaired) electrons. The van der Waals surface area contributed by atoms with E-state index in [9.17, 15) is 9.90 Å². The highest BCUT2D eigenvalue weighted by molar-refractivity contribution is 5.76. The molecular formula is C18H26N2O3. The highest BCUT2D eigenvalue weighted by atomic mass is 16.5. The summed E-state index contributed by atoms with van der Waals surface area (Å²) in [5, 5.41) is 9.33. The third-order valence-electron chi connectivity index (χ3n) is 4.81. The molecule has 5 nitrogen and oxygen atoms in total. The third-order valence-corrected chi connectivity index (χ3v) is 4.81. The first kappa shape index (κ1) is 16.4. The third kappa shape index (κ3) is 4.31. The van der Waals surface area contributed by atoms with Crippen LogP contribution in [0.1, 0.15) is 17.5 Å². The van der Waals surface area contributed by atoms with E-state index in [2.05, 4.69) is 23.1 Å². The van der Waals surface area contributed by atoms with E-state index in [4.69, 9.17) is 4.74 Å². The fraction of sp³-hybridized carbons (Fsp3) is 0.611. The second kappa shape index (κ2) is 7.90. The lowest BCUT2D eigenvalue weighted by atomic mass is 10.00. The molecule has 126 valence electrons. The Bertz CT molecular complexity index is 535. The molecule has 0 saturated carbocycles. The Morgan fingerprint density at radius 2 is 2.09 bits per heavy atom. The summed E-state index contributed by atoms with van der Waals surface area (Å²) in [5.41, 5.74) is 2.64. The molecule has 2 aliphatic heterocycles. The van der Waals surface area contributed by atoms with Crippen molar-refractivity contribution in [3.63, 3.8) is 0 Å². The quantitative estimate of drug-likeness (QED) is 0.896. The monoisotopic (exact) mass is 318 g/mol. The lowest BCUT2D eigenvalue weighted by Gasteiger charge is -2.30. The molecule has 1 unspecified atom stereocenters. The lowest BCUT2D eigenvalue weighted by molar-refractivity contribution is -0.132. The SMILES string of the molecule is O=C(CCN1CCOCC(CO)C1)N1CCc2ccccc2C1. The number of nitrogens with zero attached hydrogens (tertiary/aromatic N) is 2. The molecule has 0 aliphatic carbocycles. The number of carbonyl (C=O) groups excluding carboxylic acids is 1. The Morgan fingerprint density at radius 3 is 2.91 bits per heavy atom. The minimum absolute atomic E-state index is 0.146. The molecule has 2 aliphatic rings. The number of amides is 1. The van der Waals surface area contributed by atoms with Gasteiger partial charge in [0, 0.05) is 51.7 Å². The predicted molar refractivity (Wildman–Crippen MR) is 88.0 cm³/mol. The molecule has 2 heterocycles. The molecule has 1 atom stereocenters. The second-order valence-electron chi connectivity index (χ2n) is 6.51. The van der Waals surface area contributed by atoms with Gasteiger partial charge in [0.05, 0.1) is 13.2 Å². The van der Waals surface area contributed by atoms with Crippen molar-refractivity contribution in [3.05, 3.63) is 35.4 Å². The van der Waals surface area contributed by atoms with Crippen LogP contribution in [0.2, 0.25) is 0 Å². The van der Waals surface area contributed by atoms with Crippen LogP contribution in [0.15, 0.2) is 24.3 Å². The number of fused-ring (bicyclic) bond motifs is 1. The molecule has 1 saturated heterocycles. The highest BCUT2D eigenvalue weighted by Crippen LogP contribution is 2.19. The van der Waals surface area contributed by atoms with Crippen molar-refractivity contribution in [1.29, 1.82) is 0 Å². The molecule has 0 bridgehead atoms. The fourth-order valence-corrected chi connectivity index (χ4v) is 3.39. The summed E-state index contributed by atoms with van der Waals surface area (Å²) in [6.07, 6.45) is 1.49. The van der Waals surface area contributed by atoms with Crippen LogP contribution >= 0.6 is 0 Å². The maximum atomic E-state index is 12.5. The van der Waals surface area contributed by atoms with Crippen molar-refractivity contribution >= 4 is 5.91 Å². The van der Waals surface area contributed by atoms with E-state index in [1.165, 1.54) is 11.1 Å². The van der Waals surface area contributed by atoms with E-state index in [0.29, 0.717) is 19.6 Å². The van der Waals surface area contributed by atoms with Gasteiger partial charge < -0.3 is 19.6 Å². The van der Waals surface area contributed by atoms with Crippen LogP contribution in [0.4, 0.5) is 0 Å². The number of ether oxygens (including phenoxy) is 1. The maximum Gasteiger partial charge on any atom is 0.224 e. The van der Waals surface area contributed by atoms with Gasteiger partial charge in [-0.15, -0.1) is 0 Å². The molecule has 3 rings (SSSR count). The second-order valence-corrected chi connectivity index (χ2v) is 6.51. The van der Waals surface area contributed by atoms with Crippen molar-refractivity contribution in [3.8, 4) is 0 Å². The number of aliphatic hydroxyl groups is 1. The molecule has 0 spiro atoms. The fourth-order valence-electron chi connectivity index (χ4n) is 3.39. The van der Waals surface area contributed by atoms with Crippen molar-refractivity contribution in [2.45, 2.75) is 19.4 Å². The zero-order valence-electron chi connectivity index (χ0n) is 13.6. The van der Waals surface area contributed by atoms with Crippen molar-refractivity contribution in [1.82, 2.24) is 9.80 Å². The van der Waals surface area contributed by atoms with Gasteiger partial charge in [-0.3, -0.25) is 4.79 Å². The van der Waals surface area contributed by atoms with Gasteiger partial charge in [-0.05, 0) is 17.5 Å². The van der Waals surface area contributed by atoms with Crippen molar-refractivity contribution in [2.24, 2.45) is 5.92 Å². The smallest absolute Gasteiger partial charge is 0.224 e. The molecule has 23 heavy (non-hydrogen) atoms. The maximum absolute atomic E-state index is 12.5. The Labute approximate surface area is 137 Å². The van der Waals surface area contributed by atoms with Gasteiger partial charge in [-0.2, -0.15) is 0 Å². The van der Waals surface area contributed by atoms with E-state index in [1.54, 1.807) is 0 Å². The first-order valence-corrected chi connectivity index (χ1v) is 8.52. The average molecular weight is 318 g/mol. The van der Waals surface area contributed by atoms with Crippen LogP contribution in [0.5, 0.6) is 0 Å². The summed E-state index contributed by atoms with van der Waals surface area (Å²) in [7, 11) is 0. The van der Waals surface area contributed by atoms with Crippen LogP contribution in [0.3, 0.4) is 0 Å². The predicted octanol–water partition coefficient (Wildman–Crippen LogP) is 0.902. The number of hydrogen-bond acceptors (Lipinski definition) is 4. The largest absolute Gasteiger partial charge is 0.396 e. The number of aliphatic hydroxyl groups excluding tert-OH is 1. The first-order chi connectivity index (χ1) is 11.3. The van der Waals surface area contributed by atoms with Crippen LogP contribution < -0.4 is 0 Å². The molecule has 1 amide bonds. The number of rotatable bonds is 4. The van der Waals surface area contributed by atoms with Gasteiger partial charge in [0.1, 0.15) is 0 Å². The molecule has 1 aromatic rings. The van der Waals surface area contributed by atoms with E-state index >= 15 is 0 Å². The minimum atomic E-state index is 0.146. The normalized spacial score (nSPS) is 22.5. The van der Waals surface area contributed by atoms with Crippen LogP contribution in [-0.4, -0.2) is 66.8 Å². The summed E-state index contributed by atoms with van der Waals surface area (Å²) < 4.78 is 5.49. The highest BCUT2D eigenvalue weighted by Gasteiger charge is 2.22. The number of carbonyl (C=O) groups is 1. The van der Waals surface area contributed by atoms with Crippen LogP contribution in [0, 0.1) is 5.92 Å². The van der Waals surface area contributed by atoms with Gasteiger partial charge in [-0.1, -0.05) is 24.3 Å². The zero-order chi connectivity index (χ0) is 16.1. The van der Waals surface area contributed by atoms with Gasteiger partial charge in [0.25, 0.3) is 0 Å². The topological polar surface area (TPSA) is 53.0 Å². The van der Waals surface area contributed by atoms with Gasteiger partial charge in [-0.25, -0.2) is 0 Å². The molecule has 5 heteroatoms. The molecule has 1 fully saturated rings. The Kier molecular flexibility index (Phi) is 5.65. The number of benzene rings is 1. The molecule has 0 aromatic heterocycles. The Hall–Kier alpha value is -1.43. The minimum Gasteiger partial charge on any atom is -0.396 e. The van der Waals surface area contributed by atoms with Gasteiger partial charge in [0.2, 0.25) is 5.91 Å². The van der Waals surface area contributed by atoms with E-state index in [1.807, 2.05) is 11.0 Å². The summed E-state index contributed by atoms with van der Waals surface area (Å²) >= 11 is 0. The molecule has 1 N–H and O–H groups in total. The van der Waals surface area contributed by atoms with Crippen molar-refractivity contribution in [2.75, 3.05) is 46.0 Å². The van der Waals surface area contributed by atoms with Gasteiger partial charge >= 0.3 is 0 Å². The molecular weight excluding hydrogens is 292 g/mol. The van der Waals surface area contributed by atoms with Crippen molar-refractivity contribution < 1.29 is 14.6 Å². The summed E-state index contributed by atoms with van der Waals surface area (Å²) in [5.74, 6) is 0.389. The number of hydrogen-bond donors (Lipinski definition) is 1. The zero-order valence-corrected chi connectivity index (χ0v) is 13.6. The van der Waals surface area contributed by atoms with E-state index < -0.39 is 0 Å². The average Bonchev–Trinajstić information content (AvgIpc) is 2.84. The summed E-state index contributed by atoms with van der Waals surface area (Å²) in [6, 6.07) is 8.38.